The second-order valence-electron chi connectivity index (χ2n) is 6.17. The average molecular weight is 304 g/mol. The van der Waals surface area contributed by atoms with Crippen molar-refractivity contribution in [2.45, 2.75) is 36.8 Å². The van der Waals surface area contributed by atoms with Crippen LogP contribution in [0.4, 0.5) is 0 Å². The van der Waals surface area contributed by atoms with E-state index in [2.05, 4.69) is 69.2 Å². The van der Waals surface area contributed by atoms with Crippen LogP contribution in [0, 0.1) is 12.3 Å². The maximum absolute atomic E-state index is 5.58. The molecular weight excluding hydrogens is 284 g/mol. The lowest BCUT2D eigenvalue weighted by Crippen LogP contribution is -2.16. The van der Waals surface area contributed by atoms with Gasteiger partial charge in [-0.2, -0.15) is 0 Å². The van der Waals surface area contributed by atoms with Gasteiger partial charge in [-0.3, -0.25) is 0 Å². The fourth-order valence-corrected chi connectivity index (χ4v) is 3.97. The van der Waals surface area contributed by atoms with Crippen molar-refractivity contribution < 1.29 is 0 Å². The lowest BCUT2D eigenvalue weighted by molar-refractivity contribution is 0.891. The van der Waals surface area contributed by atoms with Crippen LogP contribution >= 0.6 is 11.8 Å². The summed E-state index contributed by atoms with van der Waals surface area (Å²) >= 11 is 1.89. The van der Waals surface area contributed by atoms with E-state index in [0.29, 0.717) is 0 Å². The second-order valence-corrected chi connectivity index (χ2v) is 7.87. The predicted molar refractivity (Wildman–Crippen MR) is 97.2 cm³/mol. The molecule has 0 amide bonds. The van der Waals surface area contributed by atoms with Crippen molar-refractivity contribution in [3.05, 3.63) is 70.8 Å². The van der Waals surface area contributed by atoms with Crippen LogP contribution < -0.4 is 0 Å². The molecule has 0 N–H and O–H groups in total. The Labute approximate surface area is 137 Å². The summed E-state index contributed by atoms with van der Waals surface area (Å²) in [5, 5.41) is 0. The van der Waals surface area contributed by atoms with Crippen molar-refractivity contribution in [1.82, 2.24) is 0 Å². The third kappa shape index (κ3) is 2.85. The first kappa shape index (κ1) is 15.0. The van der Waals surface area contributed by atoms with Gasteiger partial charge in [-0.25, -0.2) is 0 Å². The average Bonchev–Trinajstić information content (AvgIpc) is 2.53. The number of benzene rings is 2. The largest absolute Gasteiger partial charge is 0.115 e. The standard InChI is InChI=1S/C21H20S/c1-5-15-7-10-17(11-8-15)19-14-21(3,4)22-20-12-9-16(6-2)13-18(19)20/h2,7-14H,5H2,1,3-4H3. The zero-order valence-electron chi connectivity index (χ0n) is 13.3. The van der Waals surface area contributed by atoms with E-state index in [-0.39, 0.29) is 4.75 Å². The molecule has 2 aromatic carbocycles. The number of terminal acetylenes is 1. The first-order valence-electron chi connectivity index (χ1n) is 7.64. The molecule has 0 unspecified atom stereocenters. The minimum Gasteiger partial charge on any atom is -0.115 e. The maximum atomic E-state index is 5.58. The SMILES string of the molecule is C#Cc1ccc2c(c1)C(c1ccc(CC)cc1)=CC(C)(C)S2. The minimum atomic E-state index is 0.0867. The molecule has 1 heterocycles. The number of thioether (sulfide) groups is 1. The van der Waals surface area contributed by atoms with Crippen molar-refractivity contribution >= 4 is 17.3 Å². The van der Waals surface area contributed by atoms with Gasteiger partial charge in [-0.1, -0.05) is 43.2 Å². The van der Waals surface area contributed by atoms with Crippen LogP contribution in [0.15, 0.2) is 53.4 Å². The van der Waals surface area contributed by atoms with Crippen LogP contribution in [0.3, 0.4) is 0 Å². The van der Waals surface area contributed by atoms with Crippen LogP contribution in [-0.2, 0) is 6.42 Å². The third-order valence-electron chi connectivity index (χ3n) is 3.97. The molecule has 110 valence electrons. The van der Waals surface area contributed by atoms with Gasteiger partial charge >= 0.3 is 0 Å². The van der Waals surface area contributed by atoms with Gasteiger partial charge in [-0.05, 0) is 60.7 Å². The summed E-state index contributed by atoms with van der Waals surface area (Å²) in [5.41, 5.74) is 6.12. The zero-order valence-corrected chi connectivity index (χ0v) is 14.1. The Morgan fingerprint density at radius 1 is 1.09 bits per heavy atom. The number of fused-ring (bicyclic) bond motifs is 1. The molecule has 0 atom stereocenters. The minimum absolute atomic E-state index is 0.0867. The molecule has 0 saturated heterocycles. The summed E-state index contributed by atoms with van der Waals surface area (Å²) in [7, 11) is 0. The van der Waals surface area contributed by atoms with Crippen molar-refractivity contribution in [2.75, 3.05) is 0 Å². The molecule has 1 heteroatoms. The van der Waals surface area contributed by atoms with Crippen LogP contribution in [0.1, 0.15) is 43.0 Å². The molecule has 1 aliphatic heterocycles. The summed E-state index contributed by atoms with van der Waals surface area (Å²) < 4.78 is 0.0867. The Morgan fingerprint density at radius 3 is 2.45 bits per heavy atom. The predicted octanol–water partition coefficient (Wildman–Crippen LogP) is 5.55. The van der Waals surface area contributed by atoms with E-state index in [9.17, 15) is 0 Å². The molecule has 0 nitrogen and oxygen atoms in total. The smallest absolute Gasteiger partial charge is 0.0339 e. The molecule has 0 radical (unpaired) electrons. The molecule has 0 fully saturated rings. The van der Waals surface area contributed by atoms with Crippen LogP contribution in [0.2, 0.25) is 0 Å². The molecule has 2 aromatic rings. The monoisotopic (exact) mass is 304 g/mol. The van der Waals surface area contributed by atoms with E-state index < -0.39 is 0 Å². The summed E-state index contributed by atoms with van der Waals surface area (Å²) in [5.74, 6) is 2.75. The molecule has 0 spiro atoms. The Balaban J connectivity index is 2.15. The van der Waals surface area contributed by atoms with E-state index in [4.69, 9.17) is 6.42 Å². The van der Waals surface area contributed by atoms with E-state index in [1.807, 2.05) is 17.8 Å². The highest BCUT2D eigenvalue weighted by atomic mass is 32.2. The molecular formula is C21H20S. The number of hydrogen-bond acceptors (Lipinski definition) is 1. The molecule has 0 saturated carbocycles. The van der Waals surface area contributed by atoms with Gasteiger partial charge in [0.1, 0.15) is 0 Å². The van der Waals surface area contributed by atoms with Gasteiger partial charge in [-0.15, -0.1) is 18.2 Å². The second kappa shape index (κ2) is 5.71. The quantitative estimate of drug-likeness (QED) is 0.656. The summed E-state index contributed by atoms with van der Waals surface area (Å²) in [6.07, 6.45) is 9.01. The number of hydrogen-bond donors (Lipinski definition) is 0. The van der Waals surface area contributed by atoms with Gasteiger partial charge in [0.15, 0.2) is 0 Å². The van der Waals surface area contributed by atoms with E-state index in [0.717, 1.165) is 12.0 Å². The third-order valence-corrected chi connectivity index (χ3v) is 5.19. The van der Waals surface area contributed by atoms with Crippen LogP contribution in [0.25, 0.3) is 5.57 Å². The van der Waals surface area contributed by atoms with Gasteiger partial charge in [0.25, 0.3) is 0 Å². The van der Waals surface area contributed by atoms with Gasteiger partial charge < -0.3 is 0 Å². The van der Waals surface area contributed by atoms with Crippen molar-refractivity contribution in [3.8, 4) is 12.3 Å². The highest BCUT2D eigenvalue weighted by molar-refractivity contribution is 8.01. The Bertz CT molecular complexity index is 771. The summed E-state index contributed by atoms with van der Waals surface area (Å²) in [4.78, 5) is 1.31. The van der Waals surface area contributed by atoms with Crippen LogP contribution in [-0.4, -0.2) is 4.75 Å². The van der Waals surface area contributed by atoms with E-state index in [1.165, 1.54) is 27.2 Å². The Kier molecular flexibility index (Phi) is 3.89. The molecule has 22 heavy (non-hydrogen) atoms. The highest BCUT2D eigenvalue weighted by Gasteiger charge is 2.26. The van der Waals surface area contributed by atoms with Gasteiger partial charge in [0.2, 0.25) is 0 Å². The fourth-order valence-electron chi connectivity index (χ4n) is 2.82. The highest BCUT2D eigenvalue weighted by Crippen LogP contribution is 2.46. The molecule has 0 aliphatic carbocycles. The van der Waals surface area contributed by atoms with Crippen LogP contribution in [0.5, 0.6) is 0 Å². The van der Waals surface area contributed by atoms with E-state index in [1.54, 1.807) is 0 Å². The molecule has 3 rings (SSSR count). The maximum Gasteiger partial charge on any atom is 0.0339 e. The summed E-state index contributed by atoms with van der Waals surface area (Å²) in [6, 6.07) is 15.2. The fraction of sp³-hybridized carbons (Fsp3) is 0.238. The molecule has 0 aromatic heterocycles. The zero-order chi connectivity index (χ0) is 15.7. The number of rotatable bonds is 2. The van der Waals surface area contributed by atoms with Crippen molar-refractivity contribution in [3.63, 3.8) is 0 Å². The lowest BCUT2D eigenvalue weighted by atomic mass is 9.92. The molecule has 0 bridgehead atoms. The van der Waals surface area contributed by atoms with Gasteiger partial charge in [0.05, 0.1) is 0 Å². The van der Waals surface area contributed by atoms with E-state index >= 15 is 0 Å². The topological polar surface area (TPSA) is 0 Å². The molecule has 1 aliphatic rings. The first-order chi connectivity index (χ1) is 10.5. The summed E-state index contributed by atoms with van der Waals surface area (Å²) in [6.45, 7) is 6.70. The number of aryl methyl sites for hydroxylation is 1. The lowest BCUT2D eigenvalue weighted by Gasteiger charge is -2.29. The Hall–Kier alpha value is -1.91. The normalized spacial score (nSPS) is 15.6. The first-order valence-corrected chi connectivity index (χ1v) is 8.46. The van der Waals surface area contributed by atoms with Crippen molar-refractivity contribution in [1.29, 1.82) is 0 Å². The Morgan fingerprint density at radius 2 is 1.82 bits per heavy atom. The van der Waals surface area contributed by atoms with Gasteiger partial charge in [0, 0.05) is 15.2 Å². The van der Waals surface area contributed by atoms with Crippen molar-refractivity contribution in [2.24, 2.45) is 0 Å².